The van der Waals surface area contributed by atoms with Crippen LogP contribution in [0.2, 0.25) is 6.82 Å². The van der Waals surface area contributed by atoms with Gasteiger partial charge >= 0.3 is 7.12 Å². The van der Waals surface area contributed by atoms with Crippen molar-refractivity contribution in [3.8, 4) is 0 Å². The summed E-state index contributed by atoms with van der Waals surface area (Å²) in [4.78, 5) is 0. The van der Waals surface area contributed by atoms with E-state index >= 15 is 0 Å². The van der Waals surface area contributed by atoms with Gasteiger partial charge in [-0.25, -0.2) is 0 Å². The summed E-state index contributed by atoms with van der Waals surface area (Å²) >= 11 is 0. The molecular formula is C11H19BO2. The molecule has 0 radical (unpaired) electrons. The fourth-order valence-electron chi connectivity index (χ4n) is 2.67. The Morgan fingerprint density at radius 1 is 1.29 bits per heavy atom. The first-order valence-corrected chi connectivity index (χ1v) is 5.48. The number of allylic oxidation sites excluding steroid dienone is 1. The average Bonchev–Trinajstić information content (AvgIpc) is 2.58. The molecule has 2 aliphatic rings. The summed E-state index contributed by atoms with van der Waals surface area (Å²) in [5, 5.41) is 0. The first kappa shape index (κ1) is 10.2. The van der Waals surface area contributed by atoms with E-state index < -0.39 is 0 Å². The van der Waals surface area contributed by atoms with Gasteiger partial charge in [0.15, 0.2) is 0 Å². The Morgan fingerprint density at radius 2 is 2.00 bits per heavy atom. The van der Waals surface area contributed by atoms with Crippen molar-refractivity contribution in [2.24, 2.45) is 5.92 Å². The monoisotopic (exact) mass is 194 g/mol. The Balaban J connectivity index is 2.25. The van der Waals surface area contributed by atoms with Crippen molar-refractivity contribution in [3.05, 3.63) is 12.2 Å². The largest absolute Gasteiger partial charge is 0.454 e. The fraction of sp³-hybridized carbons (Fsp3) is 0.818. The third-order valence-electron chi connectivity index (χ3n) is 3.79. The van der Waals surface area contributed by atoms with Crippen molar-refractivity contribution in [1.82, 2.24) is 0 Å². The lowest BCUT2D eigenvalue weighted by Crippen LogP contribution is -2.49. The Labute approximate surface area is 86.8 Å². The van der Waals surface area contributed by atoms with Crippen LogP contribution >= 0.6 is 0 Å². The van der Waals surface area contributed by atoms with Crippen LogP contribution in [0.4, 0.5) is 0 Å². The lowest BCUT2D eigenvalue weighted by Gasteiger charge is -2.40. The normalized spacial score (nSPS) is 40.9. The van der Waals surface area contributed by atoms with E-state index in [9.17, 15) is 0 Å². The van der Waals surface area contributed by atoms with Crippen LogP contribution in [0.5, 0.6) is 0 Å². The molecule has 0 aromatic carbocycles. The SMILES string of the molecule is CB1OC(C)(C)C(C)(C2C=CCC2)O1. The highest BCUT2D eigenvalue weighted by atomic mass is 16.7. The van der Waals surface area contributed by atoms with Gasteiger partial charge in [0.05, 0.1) is 11.2 Å². The smallest absolute Gasteiger partial charge is 0.403 e. The van der Waals surface area contributed by atoms with Gasteiger partial charge in [0, 0.05) is 5.92 Å². The second-order valence-corrected chi connectivity index (χ2v) is 5.03. The molecule has 3 heteroatoms. The molecule has 2 rings (SSSR count). The Bertz CT molecular complexity index is 262. The third kappa shape index (κ3) is 1.34. The standard InChI is InChI=1S/C11H19BO2/c1-10(2)11(3,14-12(4)13-10)9-7-5-6-8-9/h5,7,9H,6,8H2,1-4H3. The van der Waals surface area contributed by atoms with Gasteiger partial charge in [0.1, 0.15) is 0 Å². The minimum Gasteiger partial charge on any atom is -0.403 e. The van der Waals surface area contributed by atoms with E-state index in [2.05, 4.69) is 32.9 Å². The zero-order valence-electron chi connectivity index (χ0n) is 9.54. The minimum atomic E-state index is -0.189. The highest BCUT2D eigenvalue weighted by Crippen LogP contribution is 2.45. The van der Waals surface area contributed by atoms with Gasteiger partial charge in [-0.15, -0.1) is 0 Å². The summed E-state index contributed by atoms with van der Waals surface area (Å²) in [5.74, 6) is 0.502. The maximum Gasteiger partial charge on any atom is 0.454 e. The lowest BCUT2D eigenvalue weighted by molar-refractivity contribution is -0.0401. The quantitative estimate of drug-likeness (QED) is 0.471. The summed E-state index contributed by atoms with van der Waals surface area (Å²) in [6.07, 6.45) is 6.89. The molecule has 0 bridgehead atoms. The Morgan fingerprint density at radius 3 is 2.43 bits per heavy atom. The van der Waals surface area contributed by atoms with Crippen LogP contribution in [0.1, 0.15) is 33.6 Å². The second kappa shape index (κ2) is 3.11. The molecule has 1 aliphatic heterocycles. The van der Waals surface area contributed by atoms with Crippen molar-refractivity contribution in [2.75, 3.05) is 0 Å². The molecule has 2 atom stereocenters. The number of hydrogen-bond acceptors (Lipinski definition) is 2. The Hall–Kier alpha value is -0.275. The highest BCUT2D eigenvalue weighted by molar-refractivity contribution is 6.43. The minimum absolute atomic E-state index is 0.0796. The van der Waals surface area contributed by atoms with Gasteiger partial charge in [0.25, 0.3) is 0 Å². The van der Waals surface area contributed by atoms with Gasteiger partial charge in [0.2, 0.25) is 0 Å². The van der Waals surface area contributed by atoms with Crippen molar-refractivity contribution in [3.63, 3.8) is 0 Å². The molecule has 2 nitrogen and oxygen atoms in total. The predicted octanol–water partition coefficient (Wildman–Crippen LogP) is 2.65. The molecule has 0 spiro atoms. The topological polar surface area (TPSA) is 18.5 Å². The molecule has 1 heterocycles. The van der Waals surface area contributed by atoms with Crippen molar-refractivity contribution in [1.29, 1.82) is 0 Å². The third-order valence-corrected chi connectivity index (χ3v) is 3.79. The summed E-state index contributed by atoms with van der Waals surface area (Å²) in [7, 11) is -0.0796. The maximum absolute atomic E-state index is 5.97. The van der Waals surface area contributed by atoms with Gasteiger partial charge in [-0.3, -0.25) is 0 Å². The van der Waals surface area contributed by atoms with Crippen molar-refractivity contribution in [2.45, 2.75) is 51.6 Å². The molecule has 1 aliphatic carbocycles. The van der Waals surface area contributed by atoms with Crippen LogP contribution in [0.15, 0.2) is 12.2 Å². The number of rotatable bonds is 1. The fourth-order valence-corrected chi connectivity index (χ4v) is 2.67. The van der Waals surface area contributed by atoms with Crippen LogP contribution in [-0.4, -0.2) is 18.3 Å². The van der Waals surface area contributed by atoms with Crippen LogP contribution in [-0.2, 0) is 9.31 Å². The summed E-state index contributed by atoms with van der Waals surface area (Å²) < 4.78 is 11.8. The van der Waals surface area contributed by atoms with E-state index in [0.29, 0.717) is 5.92 Å². The molecule has 0 saturated carbocycles. The van der Waals surface area contributed by atoms with E-state index in [-0.39, 0.29) is 18.3 Å². The summed E-state index contributed by atoms with van der Waals surface area (Å²) in [6.45, 7) is 8.41. The molecule has 1 fully saturated rings. The van der Waals surface area contributed by atoms with Crippen molar-refractivity contribution < 1.29 is 9.31 Å². The average molecular weight is 194 g/mol. The number of hydrogen-bond donors (Lipinski definition) is 0. The zero-order chi connectivity index (χ0) is 10.4. The van der Waals surface area contributed by atoms with Crippen molar-refractivity contribution >= 4 is 7.12 Å². The molecule has 0 N–H and O–H groups in total. The highest BCUT2D eigenvalue weighted by Gasteiger charge is 2.55. The summed E-state index contributed by atoms with van der Waals surface area (Å²) in [6, 6.07) is 0. The first-order valence-electron chi connectivity index (χ1n) is 5.48. The molecule has 1 saturated heterocycles. The Kier molecular flexibility index (Phi) is 2.28. The van der Waals surface area contributed by atoms with Gasteiger partial charge in [-0.2, -0.15) is 0 Å². The second-order valence-electron chi connectivity index (χ2n) is 5.03. The van der Waals surface area contributed by atoms with Crippen LogP contribution in [0, 0.1) is 5.92 Å². The van der Waals surface area contributed by atoms with Gasteiger partial charge in [-0.05, 0) is 40.4 Å². The lowest BCUT2D eigenvalue weighted by atomic mass is 9.77. The molecular weight excluding hydrogens is 175 g/mol. The van der Waals surface area contributed by atoms with E-state index in [1.165, 1.54) is 12.8 Å². The molecule has 0 aromatic rings. The maximum atomic E-state index is 5.97. The van der Waals surface area contributed by atoms with Gasteiger partial charge < -0.3 is 9.31 Å². The molecule has 2 unspecified atom stereocenters. The first-order chi connectivity index (χ1) is 6.46. The van der Waals surface area contributed by atoms with Crippen LogP contribution in [0.3, 0.4) is 0 Å². The van der Waals surface area contributed by atoms with Gasteiger partial charge in [-0.1, -0.05) is 12.2 Å². The van der Waals surface area contributed by atoms with E-state index in [1.54, 1.807) is 0 Å². The van der Waals surface area contributed by atoms with E-state index in [1.807, 2.05) is 6.82 Å². The molecule has 0 amide bonds. The van der Waals surface area contributed by atoms with Crippen LogP contribution < -0.4 is 0 Å². The molecule has 0 aromatic heterocycles. The zero-order valence-corrected chi connectivity index (χ0v) is 9.54. The predicted molar refractivity (Wildman–Crippen MR) is 58.1 cm³/mol. The molecule has 78 valence electrons. The summed E-state index contributed by atoms with van der Waals surface area (Å²) in [5.41, 5.74) is -0.356. The van der Waals surface area contributed by atoms with Crippen LogP contribution in [0.25, 0.3) is 0 Å². The van der Waals surface area contributed by atoms with E-state index in [4.69, 9.17) is 9.31 Å². The van der Waals surface area contributed by atoms with E-state index in [0.717, 1.165) is 0 Å². The molecule has 14 heavy (non-hydrogen) atoms.